The van der Waals surface area contributed by atoms with Crippen LogP contribution in [0.15, 0.2) is 0 Å². The Morgan fingerprint density at radius 3 is 1.24 bits per heavy atom. The minimum atomic E-state index is -1.30. The van der Waals surface area contributed by atoms with Gasteiger partial charge in [0.1, 0.15) is 5.41 Å². The van der Waals surface area contributed by atoms with Gasteiger partial charge in [0.25, 0.3) is 0 Å². The number of aliphatic hydroxyl groups is 2. The van der Waals surface area contributed by atoms with E-state index in [2.05, 4.69) is 69.2 Å². The average molecular weight is 525 g/mol. The summed E-state index contributed by atoms with van der Waals surface area (Å²) in [5.41, 5.74) is 1.36. The number of primary amides is 1. The summed E-state index contributed by atoms with van der Waals surface area (Å²) in [5.74, 6) is -0.877. The first-order chi connectivity index (χ1) is 16.9. The molecule has 0 aromatic rings. The Labute approximate surface area is 228 Å². The lowest BCUT2D eigenvalue weighted by Gasteiger charge is -2.59. The number of carbonyl (C=O) groups excluding carboxylic acids is 2. The van der Waals surface area contributed by atoms with Gasteiger partial charge in [0.2, 0.25) is 11.8 Å². The van der Waals surface area contributed by atoms with Gasteiger partial charge in [-0.1, -0.05) is 108 Å². The molecule has 0 heterocycles. The van der Waals surface area contributed by atoms with Crippen LogP contribution in [0, 0.1) is 16.2 Å². The van der Waals surface area contributed by atoms with Crippen LogP contribution in [-0.2, 0) is 9.59 Å². The minimum absolute atomic E-state index is 0.298. The van der Waals surface area contributed by atoms with Crippen molar-refractivity contribution in [3.63, 3.8) is 0 Å². The van der Waals surface area contributed by atoms with Crippen LogP contribution in [0.1, 0.15) is 146 Å². The number of rotatable bonds is 14. The van der Waals surface area contributed by atoms with Crippen molar-refractivity contribution in [1.82, 2.24) is 4.90 Å². The smallest absolute Gasteiger partial charge is 0.238 e. The highest BCUT2D eigenvalue weighted by Crippen LogP contribution is 2.50. The Balaban J connectivity index is 4.19. The van der Waals surface area contributed by atoms with E-state index in [1.807, 2.05) is 4.90 Å². The molecule has 0 aliphatic heterocycles. The van der Waals surface area contributed by atoms with Crippen LogP contribution in [-0.4, -0.2) is 50.2 Å². The molecule has 0 spiro atoms. The fourth-order valence-electron chi connectivity index (χ4n) is 7.67. The van der Waals surface area contributed by atoms with E-state index < -0.39 is 45.4 Å². The zero-order valence-corrected chi connectivity index (χ0v) is 25.9. The van der Waals surface area contributed by atoms with E-state index in [-0.39, 0.29) is 5.91 Å². The van der Waals surface area contributed by atoms with E-state index in [1.165, 1.54) is 0 Å². The summed E-state index contributed by atoms with van der Waals surface area (Å²) in [7, 11) is 0. The van der Waals surface area contributed by atoms with Crippen LogP contribution in [0.5, 0.6) is 0 Å². The van der Waals surface area contributed by atoms with E-state index >= 15 is 0 Å². The van der Waals surface area contributed by atoms with Crippen molar-refractivity contribution in [2.24, 2.45) is 22.0 Å². The minimum Gasteiger partial charge on any atom is -0.388 e. The number of nitrogens with zero attached hydrogens (tertiary/aromatic N) is 1. The first-order valence-corrected chi connectivity index (χ1v) is 15.0. The van der Waals surface area contributed by atoms with Gasteiger partial charge in [-0.15, -0.1) is 0 Å². The summed E-state index contributed by atoms with van der Waals surface area (Å²) in [4.78, 5) is 29.9. The third-order valence-corrected chi connectivity index (χ3v) is 8.52. The number of nitrogens with two attached hydrogens (primary N) is 1. The van der Waals surface area contributed by atoms with Crippen LogP contribution in [0.2, 0.25) is 0 Å². The van der Waals surface area contributed by atoms with Gasteiger partial charge < -0.3 is 20.8 Å². The summed E-state index contributed by atoms with van der Waals surface area (Å²) >= 11 is 0. The van der Waals surface area contributed by atoms with Gasteiger partial charge >= 0.3 is 0 Å². The van der Waals surface area contributed by atoms with Gasteiger partial charge in [0.05, 0.1) is 23.3 Å². The molecule has 0 aromatic carbocycles. The second-order valence-electron chi connectivity index (χ2n) is 14.1. The van der Waals surface area contributed by atoms with Crippen molar-refractivity contribution in [2.45, 2.75) is 170 Å². The van der Waals surface area contributed by atoms with Crippen LogP contribution >= 0.6 is 0 Å². The van der Waals surface area contributed by atoms with E-state index in [0.717, 1.165) is 38.5 Å². The molecule has 4 N–H and O–H groups in total. The molecule has 1 fully saturated rings. The van der Waals surface area contributed by atoms with E-state index in [4.69, 9.17) is 5.73 Å². The lowest BCUT2D eigenvalue weighted by atomic mass is 9.65. The van der Waals surface area contributed by atoms with Crippen LogP contribution in [0.25, 0.3) is 0 Å². The van der Waals surface area contributed by atoms with Crippen molar-refractivity contribution >= 4 is 11.8 Å². The zero-order chi connectivity index (χ0) is 28.9. The first kappa shape index (κ1) is 33.9. The second-order valence-corrected chi connectivity index (χ2v) is 14.1. The van der Waals surface area contributed by atoms with Gasteiger partial charge in [0.15, 0.2) is 0 Å². The normalized spacial score (nSPS) is 18.5. The molecule has 1 rings (SSSR count). The molecule has 6 heteroatoms. The Morgan fingerprint density at radius 2 is 1.03 bits per heavy atom. The van der Waals surface area contributed by atoms with Crippen molar-refractivity contribution in [2.75, 3.05) is 0 Å². The predicted octanol–water partition coefficient (Wildman–Crippen LogP) is 6.35. The van der Waals surface area contributed by atoms with Gasteiger partial charge in [-0.25, -0.2) is 0 Å². The molecule has 0 saturated heterocycles. The lowest BCUT2D eigenvalue weighted by molar-refractivity contribution is -0.194. The van der Waals surface area contributed by atoms with Crippen LogP contribution in [0.3, 0.4) is 0 Å². The molecule has 1 saturated carbocycles. The summed E-state index contributed by atoms with van der Waals surface area (Å²) in [5, 5.41) is 24.9. The van der Waals surface area contributed by atoms with Crippen molar-refractivity contribution in [3.8, 4) is 0 Å². The van der Waals surface area contributed by atoms with Crippen LogP contribution < -0.4 is 5.73 Å². The Hall–Kier alpha value is -1.14. The van der Waals surface area contributed by atoms with E-state index in [1.54, 1.807) is 0 Å². The average Bonchev–Trinajstić information content (AvgIpc) is 3.22. The molecule has 1 aliphatic carbocycles. The maximum Gasteiger partial charge on any atom is 0.238 e. The van der Waals surface area contributed by atoms with Crippen LogP contribution in [0.4, 0.5) is 0 Å². The van der Waals surface area contributed by atoms with Crippen molar-refractivity contribution in [1.29, 1.82) is 0 Å². The van der Waals surface area contributed by atoms with Gasteiger partial charge in [0, 0.05) is 0 Å². The van der Waals surface area contributed by atoms with Gasteiger partial charge in [-0.3, -0.25) is 9.59 Å². The Morgan fingerprint density at radius 1 is 0.730 bits per heavy atom. The Kier molecular flexibility index (Phi) is 11.7. The third-order valence-electron chi connectivity index (χ3n) is 8.52. The molecule has 1 aliphatic rings. The summed E-state index contributed by atoms with van der Waals surface area (Å²) < 4.78 is 0. The standard InChI is InChI=1S/C31H60N2O4/c1-11-17-30(36,18-12-2)23(27(5,6)7)33(26(35)29(25(32)34)21-15-16-22-29)24(28(8,9)10)31(37,19-13-3)20-14-4/h23-24,36-37H,11-22H2,1-10H3,(H2,32,34). The van der Waals surface area contributed by atoms with Crippen molar-refractivity contribution in [3.05, 3.63) is 0 Å². The number of hydrogen-bond acceptors (Lipinski definition) is 4. The highest BCUT2D eigenvalue weighted by Gasteiger charge is 2.60. The first-order valence-electron chi connectivity index (χ1n) is 15.0. The highest BCUT2D eigenvalue weighted by atomic mass is 16.3. The van der Waals surface area contributed by atoms with Gasteiger partial charge in [-0.05, 0) is 49.4 Å². The molecule has 0 bridgehead atoms. The molecule has 6 nitrogen and oxygen atoms in total. The lowest BCUT2D eigenvalue weighted by Crippen LogP contribution is -2.72. The monoisotopic (exact) mass is 524 g/mol. The summed E-state index contributed by atoms with van der Waals surface area (Å²) in [6.07, 6.45) is 7.58. The molecule has 2 unspecified atom stereocenters. The fraction of sp³-hybridized carbons (Fsp3) is 0.935. The molecule has 0 radical (unpaired) electrons. The Bertz CT molecular complexity index is 691. The van der Waals surface area contributed by atoms with Gasteiger partial charge in [-0.2, -0.15) is 0 Å². The predicted molar refractivity (Wildman–Crippen MR) is 153 cm³/mol. The molecule has 2 atom stereocenters. The quantitative estimate of drug-likeness (QED) is 0.230. The fourth-order valence-corrected chi connectivity index (χ4v) is 7.67. The molecule has 0 aromatic heterocycles. The zero-order valence-electron chi connectivity index (χ0n) is 25.9. The SMILES string of the molecule is CCCC(O)(CCC)C(N(C(=O)C1(C(N)=O)CCCC1)C(C(C)(C)C)C(O)(CCC)CCC)C(C)(C)C. The number of amides is 2. The summed E-state index contributed by atoms with van der Waals surface area (Å²) in [6.45, 7) is 20.6. The molecule has 37 heavy (non-hydrogen) atoms. The molecule has 218 valence electrons. The second kappa shape index (κ2) is 12.8. The summed E-state index contributed by atoms with van der Waals surface area (Å²) in [6, 6.07) is -1.21. The van der Waals surface area contributed by atoms with E-state index in [9.17, 15) is 19.8 Å². The molecular weight excluding hydrogens is 464 g/mol. The maximum absolute atomic E-state index is 15.0. The largest absolute Gasteiger partial charge is 0.388 e. The van der Waals surface area contributed by atoms with Crippen molar-refractivity contribution < 1.29 is 19.8 Å². The topological polar surface area (TPSA) is 104 Å². The highest BCUT2D eigenvalue weighted by molar-refractivity contribution is 6.05. The number of hydrogen-bond donors (Lipinski definition) is 3. The maximum atomic E-state index is 15.0. The molecular formula is C31H60N2O4. The van der Waals surface area contributed by atoms with E-state index in [0.29, 0.717) is 38.5 Å². The third kappa shape index (κ3) is 7.29. The number of carbonyl (C=O) groups is 2. The molecule has 2 amide bonds.